The summed E-state index contributed by atoms with van der Waals surface area (Å²) < 4.78 is 12.7. The van der Waals surface area contributed by atoms with Crippen LogP contribution in [-0.4, -0.2) is 58.1 Å². The van der Waals surface area contributed by atoms with Crippen LogP contribution in [0.5, 0.6) is 11.5 Å². The largest absolute Gasteiger partial charge is 0.497 e. The van der Waals surface area contributed by atoms with Crippen molar-refractivity contribution in [1.29, 1.82) is 0 Å². The molecule has 2 atom stereocenters. The molecule has 7 nitrogen and oxygen atoms in total. The smallest absolute Gasteiger partial charge is 0.272 e. The number of rotatable bonds is 4. The SMILES string of the molecule is COc1cccc(O[C@H]2CCN(C(=O)c3ccnn3C)CC[C@@H]2O)c1. The molecule has 1 N–H and O–H groups in total. The van der Waals surface area contributed by atoms with Gasteiger partial charge in [-0.2, -0.15) is 5.10 Å². The molecule has 1 amide bonds. The van der Waals surface area contributed by atoms with E-state index in [1.807, 2.05) is 18.2 Å². The van der Waals surface area contributed by atoms with E-state index in [2.05, 4.69) is 5.10 Å². The third kappa shape index (κ3) is 3.93. The number of likely N-dealkylation sites (tertiary alicyclic amines) is 1. The van der Waals surface area contributed by atoms with Crippen LogP contribution in [-0.2, 0) is 7.05 Å². The zero-order valence-electron chi connectivity index (χ0n) is 14.5. The fourth-order valence-corrected chi connectivity index (χ4v) is 3.00. The van der Waals surface area contributed by atoms with E-state index in [0.29, 0.717) is 43.1 Å². The third-order valence-electron chi connectivity index (χ3n) is 4.46. The van der Waals surface area contributed by atoms with Gasteiger partial charge in [-0.15, -0.1) is 0 Å². The van der Waals surface area contributed by atoms with Crippen LogP contribution in [0.1, 0.15) is 23.3 Å². The van der Waals surface area contributed by atoms with E-state index in [1.165, 1.54) is 0 Å². The van der Waals surface area contributed by atoms with Gasteiger partial charge in [0.15, 0.2) is 0 Å². The molecule has 3 rings (SSSR count). The van der Waals surface area contributed by atoms with Crippen LogP contribution >= 0.6 is 0 Å². The van der Waals surface area contributed by atoms with Crippen molar-refractivity contribution < 1.29 is 19.4 Å². The number of nitrogens with zero attached hydrogens (tertiary/aromatic N) is 3. The molecule has 7 heteroatoms. The third-order valence-corrected chi connectivity index (χ3v) is 4.46. The Morgan fingerprint density at radius 2 is 2.00 bits per heavy atom. The van der Waals surface area contributed by atoms with Crippen molar-refractivity contribution in [2.45, 2.75) is 25.0 Å². The molecule has 0 radical (unpaired) electrons. The number of hydrogen-bond acceptors (Lipinski definition) is 5. The van der Waals surface area contributed by atoms with Crippen LogP contribution in [0.2, 0.25) is 0 Å². The standard InChI is InChI=1S/C18H23N3O4/c1-20-15(6-9-19-20)18(23)21-10-7-16(22)17(8-11-21)25-14-5-3-4-13(12-14)24-2/h3-6,9,12,16-17,22H,7-8,10-11H2,1-2H3/t16-,17-/m0/s1. The number of aryl methyl sites for hydroxylation is 1. The summed E-state index contributed by atoms with van der Waals surface area (Å²) in [7, 11) is 3.34. The Bertz CT molecular complexity index is 731. The number of aromatic nitrogens is 2. The van der Waals surface area contributed by atoms with E-state index >= 15 is 0 Å². The first-order chi connectivity index (χ1) is 12.1. The summed E-state index contributed by atoms with van der Waals surface area (Å²) >= 11 is 0. The lowest BCUT2D eigenvalue weighted by Gasteiger charge is -2.22. The molecule has 1 aromatic heterocycles. The summed E-state index contributed by atoms with van der Waals surface area (Å²) in [6, 6.07) is 9.00. The predicted molar refractivity (Wildman–Crippen MR) is 91.8 cm³/mol. The molecule has 134 valence electrons. The monoisotopic (exact) mass is 345 g/mol. The Morgan fingerprint density at radius 1 is 1.24 bits per heavy atom. The number of aliphatic hydroxyl groups is 1. The summed E-state index contributed by atoms with van der Waals surface area (Å²) in [5, 5.41) is 14.5. The van der Waals surface area contributed by atoms with Crippen molar-refractivity contribution in [2.75, 3.05) is 20.2 Å². The maximum Gasteiger partial charge on any atom is 0.272 e. The summed E-state index contributed by atoms with van der Waals surface area (Å²) in [4.78, 5) is 14.4. The van der Waals surface area contributed by atoms with E-state index in [1.54, 1.807) is 42.1 Å². The van der Waals surface area contributed by atoms with Gasteiger partial charge < -0.3 is 19.5 Å². The highest BCUT2D eigenvalue weighted by Gasteiger charge is 2.29. The van der Waals surface area contributed by atoms with Crippen LogP contribution in [0, 0.1) is 0 Å². The zero-order valence-corrected chi connectivity index (χ0v) is 14.5. The van der Waals surface area contributed by atoms with E-state index in [9.17, 15) is 9.90 Å². The molecular formula is C18H23N3O4. The van der Waals surface area contributed by atoms with Gasteiger partial charge in [0.05, 0.1) is 13.2 Å². The Balaban J connectivity index is 1.66. The molecule has 2 heterocycles. The van der Waals surface area contributed by atoms with Gasteiger partial charge in [0.1, 0.15) is 23.3 Å². The average molecular weight is 345 g/mol. The average Bonchev–Trinajstić information content (AvgIpc) is 2.97. The number of amides is 1. The molecule has 0 spiro atoms. The van der Waals surface area contributed by atoms with Crippen molar-refractivity contribution in [2.24, 2.45) is 7.05 Å². The first-order valence-corrected chi connectivity index (χ1v) is 8.34. The molecule has 1 saturated heterocycles. The van der Waals surface area contributed by atoms with E-state index < -0.39 is 6.10 Å². The van der Waals surface area contributed by atoms with Gasteiger partial charge in [0.2, 0.25) is 0 Å². The fourth-order valence-electron chi connectivity index (χ4n) is 3.00. The Morgan fingerprint density at radius 3 is 2.72 bits per heavy atom. The molecule has 0 aliphatic carbocycles. The zero-order chi connectivity index (χ0) is 17.8. The summed E-state index contributed by atoms with van der Waals surface area (Å²) in [6.45, 7) is 1.01. The lowest BCUT2D eigenvalue weighted by atomic mass is 10.1. The van der Waals surface area contributed by atoms with Crippen molar-refractivity contribution in [3.8, 4) is 11.5 Å². The topological polar surface area (TPSA) is 76.8 Å². The minimum absolute atomic E-state index is 0.0748. The molecule has 0 saturated carbocycles. The van der Waals surface area contributed by atoms with Crippen molar-refractivity contribution in [3.05, 3.63) is 42.2 Å². The van der Waals surface area contributed by atoms with Gasteiger partial charge >= 0.3 is 0 Å². The van der Waals surface area contributed by atoms with Crippen LogP contribution < -0.4 is 9.47 Å². The van der Waals surface area contributed by atoms with Crippen molar-refractivity contribution >= 4 is 5.91 Å². The molecule has 2 aromatic rings. The Hall–Kier alpha value is -2.54. The second-order valence-corrected chi connectivity index (χ2v) is 6.11. The number of methoxy groups -OCH3 is 1. The maximum absolute atomic E-state index is 12.6. The quantitative estimate of drug-likeness (QED) is 0.908. The molecule has 0 bridgehead atoms. The van der Waals surface area contributed by atoms with Crippen molar-refractivity contribution in [1.82, 2.24) is 14.7 Å². The van der Waals surface area contributed by atoms with Crippen LogP contribution in [0.3, 0.4) is 0 Å². The highest BCUT2D eigenvalue weighted by atomic mass is 16.5. The highest BCUT2D eigenvalue weighted by Crippen LogP contribution is 2.24. The molecule has 1 aliphatic heterocycles. The first-order valence-electron chi connectivity index (χ1n) is 8.34. The van der Waals surface area contributed by atoms with Gasteiger partial charge in [-0.05, 0) is 24.6 Å². The molecule has 1 aliphatic rings. The van der Waals surface area contributed by atoms with Gasteiger partial charge in [-0.25, -0.2) is 0 Å². The summed E-state index contributed by atoms with van der Waals surface area (Å²) in [6.07, 6.45) is 1.64. The molecule has 1 fully saturated rings. The van der Waals surface area contributed by atoms with Crippen LogP contribution in [0.15, 0.2) is 36.5 Å². The lowest BCUT2D eigenvalue weighted by Crippen LogP contribution is -2.33. The minimum Gasteiger partial charge on any atom is -0.497 e. The minimum atomic E-state index is -0.629. The van der Waals surface area contributed by atoms with Crippen LogP contribution in [0.4, 0.5) is 0 Å². The number of ether oxygens (including phenoxy) is 2. The van der Waals surface area contributed by atoms with Gasteiger partial charge in [-0.3, -0.25) is 9.48 Å². The van der Waals surface area contributed by atoms with E-state index in [0.717, 1.165) is 0 Å². The Labute approximate surface area is 146 Å². The predicted octanol–water partition coefficient (Wildman–Crippen LogP) is 1.47. The van der Waals surface area contributed by atoms with Gasteiger partial charge in [0, 0.05) is 38.8 Å². The van der Waals surface area contributed by atoms with E-state index in [-0.39, 0.29) is 12.0 Å². The number of hydrogen-bond donors (Lipinski definition) is 1. The maximum atomic E-state index is 12.6. The van der Waals surface area contributed by atoms with Gasteiger partial charge in [-0.1, -0.05) is 6.07 Å². The number of benzene rings is 1. The van der Waals surface area contributed by atoms with Crippen LogP contribution in [0.25, 0.3) is 0 Å². The van der Waals surface area contributed by atoms with Crippen molar-refractivity contribution in [3.63, 3.8) is 0 Å². The molecule has 1 aromatic carbocycles. The second kappa shape index (κ2) is 7.57. The normalized spacial score (nSPS) is 20.8. The van der Waals surface area contributed by atoms with E-state index in [4.69, 9.17) is 9.47 Å². The number of carbonyl (C=O) groups excluding carboxylic acids is 1. The Kier molecular flexibility index (Phi) is 5.23. The molecular weight excluding hydrogens is 322 g/mol. The number of carbonyl (C=O) groups is 1. The second-order valence-electron chi connectivity index (χ2n) is 6.11. The fraction of sp³-hybridized carbons (Fsp3) is 0.444. The first kappa shape index (κ1) is 17.3. The summed E-state index contributed by atoms with van der Waals surface area (Å²) in [5.74, 6) is 1.28. The highest BCUT2D eigenvalue weighted by molar-refractivity contribution is 5.92. The lowest BCUT2D eigenvalue weighted by molar-refractivity contribution is 0.0349. The molecule has 25 heavy (non-hydrogen) atoms. The number of aliphatic hydroxyl groups excluding tert-OH is 1. The molecule has 0 unspecified atom stereocenters. The summed E-state index contributed by atoms with van der Waals surface area (Å²) in [5.41, 5.74) is 0.543. The van der Waals surface area contributed by atoms with Gasteiger partial charge in [0.25, 0.3) is 5.91 Å².